The Labute approximate surface area is 129 Å². The zero-order valence-electron chi connectivity index (χ0n) is 11.4. The molecular weight excluding hydrogens is 302 g/mol. The molecule has 0 bridgehead atoms. The van der Waals surface area contributed by atoms with Crippen LogP contribution in [0.4, 0.5) is 5.69 Å². The molecule has 2 aromatic rings. The molecule has 0 aromatic heterocycles. The van der Waals surface area contributed by atoms with Gasteiger partial charge in [-0.15, -0.1) is 0 Å². The SMILES string of the molecule is CSC(=Nc1ccc2c3c(cccc13)C(=O)OC2=O)NC#N. The Kier molecular flexibility index (Phi) is 3.53. The molecule has 0 amide bonds. The van der Waals surface area contributed by atoms with Crippen molar-refractivity contribution < 1.29 is 14.3 Å². The summed E-state index contributed by atoms with van der Waals surface area (Å²) in [4.78, 5) is 28.0. The van der Waals surface area contributed by atoms with E-state index in [9.17, 15) is 9.59 Å². The second-order valence-electron chi connectivity index (χ2n) is 4.40. The van der Waals surface area contributed by atoms with Gasteiger partial charge in [-0.05, 0) is 24.5 Å². The lowest BCUT2D eigenvalue weighted by Crippen LogP contribution is -2.19. The number of benzene rings is 2. The largest absolute Gasteiger partial charge is 0.386 e. The molecule has 22 heavy (non-hydrogen) atoms. The second-order valence-corrected chi connectivity index (χ2v) is 5.19. The van der Waals surface area contributed by atoms with Crippen molar-refractivity contribution in [2.45, 2.75) is 0 Å². The number of nitrogens with one attached hydrogen (secondary N) is 1. The molecule has 0 unspecified atom stereocenters. The molecule has 0 atom stereocenters. The number of amidine groups is 1. The van der Waals surface area contributed by atoms with Crippen molar-refractivity contribution >= 4 is 45.3 Å². The third-order valence-electron chi connectivity index (χ3n) is 3.22. The van der Waals surface area contributed by atoms with Crippen molar-refractivity contribution in [2.75, 3.05) is 6.26 Å². The van der Waals surface area contributed by atoms with Gasteiger partial charge in [0.25, 0.3) is 0 Å². The molecule has 0 saturated heterocycles. The van der Waals surface area contributed by atoms with Gasteiger partial charge in [-0.3, -0.25) is 5.32 Å². The van der Waals surface area contributed by atoms with Crippen LogP contribution < -0.4 is 5.32 Å². The van der Waals surface area contributed by atoms with E-state index in [-0.39, 0.29) is 0 Å². The molecule has 108 valence electrons. The fourth-order valence-electron chi connectivity index (χ4n) is 2.31. The molecule has 0 fully saturated rings. The number of carbonyl (C=O) groups is 2. The molecule has 2 aromatic carbocycles. The Morgan fingerprint density at radius 3 is 2.64 bits per heavy atom. The summed E-state index contributed by atoms with van der Waals surface area (Å²) in [6, 6.07) is 8.32. The monoisotopic (exact) mass is 311 g/mol. The molecule has 0 spiro atoms. The molecule has 7 heteroatoms. The summed E-state index contributed by atoms with van der Waals surface area (Å²) < 4.78 is 4.71. The van der Waals surface area contributed by atoms with Crippen molar-refractivity contribution in [1.29, 1.82) is 5.26 Å². The minimum Gasteiger partial charge on any atom is -0.386 e. The van der Waals surface area contributed by atoms with Crippen LogP contribution in [0.15, 0.2) is 35.3 Å². The van der Waals surface area contributed by atoms with E-state index in [0.717, 1.165) is 0 Å². The number of aliphatic imine (C=N–C) groups is 1. The normalized spacial score (nSPS) is 13.7. The maximum absolute atomic E-state index is 11.8. The molecule has 1 aliphatic rings. The zero-order valence-corrected chi connectivity index (χ0v) is 12.2. The quantitative estimate of drug-likeness (QED) is 0.217. The van der Waals surface area contributed by atoms with Gasteiger partial charge in [0, 0.05) is 10.8 Å². The van der Waals surface area contributed by atoms with Gasteiger partial charge in [0.05, 0.1) is 16.8 Å². The maximum atomic E-state index is 11.8. The molecule has 1 N–H and O–H groups in total. The summed E-state index contributed by atoms with van der Waals surface area (Å²) >= 11 is 1.28. The number of hydrogen-bond acceptors (Lipinski definition) is 6. The molecular formula is C15H9N3O3S. The van der Waals surface area contributed by atoms with Crippen molar-refractivity contribution in [3.63, 3.8) is 0 Å². The van der Waals surface area contributed by atoms with Crippen molar-refractivity contribution in [1.82, 2.24) is 5.32 Å². The number of carbonyl (C=O) groups excluding carboxylic acids is 2. The summed E-state index contributed by atoms with van der Waals surface area (Å²) in [6.07, 6.45) is 3.60. The van der Waals surface area contributed by atoms with E-state index in [2.05, 4.69) is 10.3 Å². The van der Waals surface area contributed by atoms with Crippen LogP contribution in [0.1, 0.15) is 20.7 Å². The fourth-order valence-corrected chi connectivity index (χ4v) is 2.64. The van der Waals surface area contributed by atoms with Gasteiger partial charge in [0.2, 0.25) is 0 Å². The summed E-state index contributed by atoms with van der Waals surface area (Å²) in [7, 11) is 0. The van der Waals surface area contributed by atoms with Crippen LogP contribution in [-0.2, 0) is 4.74 Å². The van der Waals surface area contributed by atoms with E-state index < -0.39 is 11.9 Å². The maximum Gasteiger partial charge on any atom is 0.346 e. The number of thioether (sulfide) groups is 1. The Morgan fingerprint density at radius 1 is 1.23 bits per heavy atom. The Morgan fingerprint density at radius 2 is 1.95 bits per heavy atom. The highest BCUT2D eigenvalue weighted by atomic mass is 32.2. The first kappa shape index (κ1) is 14.1. The van der Waals surface area contributed by atoms with Crippen LogP contribution in [0.2, 0.25) is 0 Å². The predicted octanol–water partition coefficient (Wildman–Crippen LogP) is 2.57. The molecule has 1 heterocycles. The first-order valence-corrected chi connectivity index (χ1v) is 7.48. The van der Waals surface area contributed by atoms with Crippen LogP contribution in [0.3, 0.4) is 0 Å². The van der Waals surface area contributed by atoms with Crippen LogP contribution in [0.5, 0.6) is 0 Å². The molecule has 6 nitrogen and oxygen atoms in total. The van der Waals surface area contributed by atoms with Gasteiger partial charge in [-0.25, -0.2) is 14.6 Å². The lowest BCUT2D eigenvalue weighted by molar-refractivity contribution is 0.0391. The highest BCUT2D eigenvalue weighted by Gasteiger charge is 2.27. The lowest BCUT2D eigenvalue weighted by Gasteiger charge is -2.16. The van der Waals surface area contributed by atoms with Crippen LogP contribution in [0.25, 0.3) is 10.8 Å². The number of nitrogens with zero attached hydrogens (tertiary/aromatic N) is 2. The first-order chi connectivity index (χ1) is 10.7. The van der Waals surface area contributed by atoms with E-state index >= 15 is 0 Å². The van der Waals surface area contributed by atoms with Gasteiger partial charge >= 0.3 is 11.9 Å². The topological polar surface area (TPSA) is 91.5 Å². The van der Waals surface area contributed by atoms with E-state index in [4.69, 9.17) is 10.00 Å². The highest BCUT2D eigenvalue weighted by molar-refractivity contribution is 8.13. The van der Waals surface area contributed by atoms with Crippen molar-refractivity contribution in [3.8, 4) is 6.19 Å². The van der Waals surface area contributed by atoms with E-state index in [1.807, 2.05) is 6.19 Å². The van der Waals surface area contributed by atoms with Crippen LogP contribution in [0, 0.1) is 11.5 Å². The number of rotatable bonds is 1. The first-order valence-electron chi connectivity index (χ1n) is 6.25. The minimum atomic E-state index is -0.663. The van der Waals surface area contributed by atoms with Crippen molar-refractivity contribution in [2.24, 2.45) is 4.99 Å². The fraction of sp³-hybridized carbons (Fsp3) is 0.0667. The van der Waals surface area contributed by atoms with Crippen molar-refractivity contribution in [3.05, 3.63) is 41.5 Å². The van der Waals surface area contributed by atoms with E-state index in [0.29, 0.717) is 32.8 Å². The average Bonchev–Trinajstić information content (AvgIpc) is 2.52. The van der Waals surface area contributed by atoms with Gasteiger partial charge in [0.1, 0.15) is 0 Å². The predicted molar refractivity (Wildman–Crippen MR) is 83.1 cm³/mol. The number of hydrogen-bond donors (Lipinski definition) is 1. The molecule has 3 rings (SSSR count). The second kappa shape index (κ2) is 5.50. The van der Waals surface area contributed by atoms with Crippen LogP contribution >= 0.6 is 11.8 Å². The third kappa shape index (κ3) is 2.19. The van der Waals surface area contributed by atoms with E-state index in [1.165, 1.54) is 11.8 Å². The summed E-state index contributed by atoms with van der Waals surface area (Å²) in [5.74, 6) is -1.33. The van der Waals surface area contributed by atoms with Gasteiger partial charge in [-0.2, -0.15) is 5.26 Å². The van der Waals surface area contributed by atoms with E-state index in [1.54, 1.807) is 36.6 Å². The number of nitriles is 1. The summed E-state index contributed by atoms with van der Waals surface area (Å²) in [5.41, 5.74) is 1.24. The standard InChI is InChI=1S/C15H9N3O3S/c1-22-15(17-7-16)18-11-6-5-10-12-8(11)3-2-4-9(12)13(19)21-14(10)20/h2-6H,1H3,(H,17,18). The highest BCUT2D eigenvalue weighted by Crippen LogP contribution is 2.35. The third-order valence-corrected chi connectivity index (χ3v) is 3.80. The molecule has 1 aliphatic heterocycles. The van der Waals surface area contributed by atoms with Gasteiger partial charge in [-0.1, -0.05) is 23.9 Å². The van der Waals surface area contributed by atoms with Gasteiger partial charge in [0.15, 0.2) is 11.4 Å². The number of esters is 2. The van der Waals surface area contributed by atoms with Gasteiger partial charge < -0.3 is 4.74 Å². The summed E-state index contributed by atoms with van der Waals surface area (Å²) in [6.45, 7) is 0. The minimum absolute atomic E-state index is 0.336. The average molecular weight is 311 g/mol. The summed E-state index contributed by atoms with van der Waals surface area (Å²) in [5, 5.41) is 12.8. The molecule has 0 saturated carbocycles. The lowest BCUT2D eigenvalue weighted by atomic mass is 9.96. The Balaban J connectivity index is 2.29. The smallest absolute Gasteiger partial charge is 0.346 e. The Bertz CT molecular complexity index is 863. The zero-order chi connectivity index (χ0) is 15.7. The Hall–Kier alpha value is -2.85. The molecule has 0 aliphatic carbocycles. The number of cyclic esters (lactones) is 2. The van der Waals surface area contributed by atoms with Crippen LogP contribution in [-0.4, -0.2) is 23.4 Å². The molecule has 0 radical (unpaired) electrons. The number of ether oxygens (including phenoxy) is 1.